The number of nitrogens with zero attached hydrogens (tertiary/aromatic N) is 2. The summed E-state index contributed by atoms with van der Waals surface area (Å²) in [4.78, 5) is 8.80. The molecular formula is C19H20N3O4S. The molecule has 0 fully saturated rings. The summed E-state index contributed by atoms with van der Waals surface area (Å²) in [5.41, 5.74) is 2.10. The molecule has 0 aliphatic rings. The molecule has 1 atom stereocenters. The molecule has 1 N–H and O–H groups in total. The van der Waals surface area contributed by atoms with E-state index >= 15 is 0 Å². The van der Waals surface area contributed by atoms with Crippen LogP contribution in [0.5, 0.6) is 17.2 Å². The minimum Gasteiger partial charge on any atom is -0.616 e. The van der Waals surface area contributed by atoms with Gasteiger partial charge in [-0.25, -0.2) is 9.97 Å². The molecule has 27 heavy (non-hydrogen) atoms. The van der Waals surface area contributed by atoms with Crippen LogP contribution in [-0.2, 0) is 11.2 Å². The lowest BCUT2D eigenvalue weighted by Crippen LogP contribution is -2.13. The van der Waals surface area contributed by atoms with Crippen molar-refractivity contribution in [3.05, 3.63) is 42.6 Å². The SMILES string of the molecule is COc1cc(Nc2[c]nc3ccccc3n2)c(OCC[S+](C)[O-])c(OC)c1. The van der Waals surface area contributed by atoms with E-state index in [1.807, 2.05) is 24.3 Å². The minimum atomic E-state index is -0.954. The first-order valence-corrected chi connectivity index (χ1v) is 9.93. The number of rotatable bonds is 8. The smallest absolute Gasteiger partial charge is 0.185 e. The quantitative estimate of drug-likeness (QED) is 0.595. The molecule has 141 valence electrons. The van der Waals surface area contributed by atoms with Crippen LogP contribution in [0.4, 0.5) is 11.5 Å². The monoisotopic (exact) mass is 386 g/mol. The van der Waals surface area contributed by atoms with Crippen molar-refractivity contribution in [3.63, 3.8) is 0 Å². The molecule has 1 aromatic heterocycles. The predicted molar refractivity (Wildman–Crippen MR) is 106 cm³/mol. The van der Waals surface area contributed by atoms with Crippen molar-refractivity contribution < 1.29 is 18.8 Å². The standard InChI is InChI=1S/C19H20N3O4S/c1-24-13-10-16(19(17(11-13)25-2)26-8-9-27(3)23)22-18-12-20-14-6-4-5-7-15(14)21-18/h4-7,10-11H,8-9H2,1-3H3,(H,21,22). The van der Waals surface area contributed by atoms with Gasteiger partial charge in [0.05, 0.1) is 37.2 Å². The van der Waals surface area contributed by atoms with Gasteiger partial charge in [0, 0.05) is 12.1 Å². The minimum absolute atomic E-state index is 0.285. The Labute approximate surface area is 160 Å². The summed E-state index contributed by atoms with van der Waals surface area (Å²) in [6.45, 7) is 0.285. The normalized spacial score (nSPS) is 11.9. The summed E-state index contributed by atoms with van der Waals surface area (Å²) in [5.74, 6) is 2.42. The molecule has 0 bridgehead atoms. The molecule has 0 aliphatic carbocycles. The number of ether oxygens (including phenoxy) is 3. The second-order valence-electron chi connectivity index (χ2n) is 5.63. The van der Waals surface area contributed by atoms with Gasteiger partial charge < -0.3 is 24.1 Å². The molecule has 0 saturated heterocycles. The molecule has 7 nitrogen and oxygen atoms in total. The third-order valence-corrected chi connectivity index (χ3v) is 4.49. The van der Waals surface area contributed by atoms with E-state index < -0.39 is 11.2 Å². The number of benzene rings is 2. The summed E-state index contributed by atoms with van der Waals surface area (Å²) in [6, 6.07) is 11.0. The van der Waals surface area contributed by atoms with Crippen molar-refractivity contribution in [2.24, 2.45) is 0 Å². The van der Waals surface area contributed by atoms with E-state index in [0.29, 0.717) is 34.5 Å². The van der Waals surface area contributed by atoms with Crippen LogP contribution >= 0.6 is 0 Å². The van der Waals surface area contributed by atoms with Gasteiger partial charge in [-0.3, -0.25) is 0 Å². The van der Waals surface area contributed by atoms with Crippen molar-refractivity contribution >= 4 is 33.7 Å². The van der Waals surface area contributed by atoms with Gasteiger partial charge in [0.1, 0.15) is 24.3 Å². The van der Waals surface area contributed by atoms with Crippen molar-refractivity contribution in [2.75, 3.05) is 38.2 Å². The van der Waals surface area contributed by atoms with E-state index in [4.69, 9.17) is 14.2 Å². The average Bonchev–Trinajstić information content (AvgIpc) is 2.68. The average molecular weight is 386 g/mol. The van der Waals surface area contributed by atoms with Crippen LogP contribution in [0.2, 0.25) is 0 Å². The number of nitrogens with one attached hydrogen (secondary N) is 1. The van der Waals surface area contributed by atoms with Crippen LogP contribution in [0, 0.1) is 6.20 Å². The molecule has 0 spiro atoms. The zero-order chi connectivity index (χ0) is 19.2. The molecule has 8 heteroatoms. The van der Waals surface area contributed by atoms with E-state index in [0.717, 1.165) is 11.0 Å². The lowest BCUT2D eigenvalue weighted by molar-refractivity contribution is 0.311. The molecule has 0 aliphatic heterocycles. The highest BCUT2D eigenvalue weighted by Gasteiger charge is 2.16. The predicted octanol–water partition coefficient (Wildman–Crippen LogP) is 2.95. The van der Waals surface area contributed by atoms with Gasteiger partial charge in [0.2, 0.25) is 0 Å². The highest BCUT2D eigenvalue weighted by atomic mass is 32.2. The maximum absolute atomic E-state index is 11.3. The lowest BCUT2D eigenvalue weighted by Gasteiger charge is -2.17. The Bertz CT molecular complexity index is 921. The second kappa shape index (κ2) is 8.79. The number of fused-ring (bicyclic) bond motifs is 1. The van der Waals surface area contributed by atoms with Crippen LogP contribution in [-0.4, -0.2) is 47.4 Å². The summed E-state index contributed by atoms with van der Waals surface area (Å²) < 4.78 is 27.9. The maximum atomic E-state index is 11.3. The van der Waals surface area contributed by atoms with Crippen LogP contribution in [0.25, 0.3) is 11.0 Å². The zero-order valence-corrected chi connectivity index (χ0v) is 16.1. The summed E-state index contributed by atoms with van der Waals surface area (Å²) >= 11 is -0.954. The Kier molecular flexibility index (Phi) is 6.20. The van der Waals surface area contributed by atoms with Crippen molar-refractivity contribution in [2.45, 2.75) is 0 Å². The number of hydrogen-bond donors (Lipinski definition) is 1. The Balaban J connectivity index is 1.95. The fourth-order valence-electron chi connectivity index (χ4n) is 2.44. The van der Waals surface area contributed by atoms with Gasteiger partial charge >= 0.3 is 0 Å². The van der Waals surface area contributed by atoms with Crippen LogP contribution in [0.1, 0.15) is 0 Å². The summed E-state index contributed by atoms with van der Waals surface area (Å²) in [6.07, 6.45) is 4.51. The number of methoxy groups -OCH3 is 2. The number of aromatic nitrogens is 2. The third-order valence-electron chi connectivity index (χ3n) is 3.75. The lowest BCUT2D eigenvalue weighted by atomic mass is 10.2. The first-order chi connectivity index (χ1) is 13.1. The van der Waals surface area contributed by atoms with Gasteiger partial charge in [-0.15, -0.1) is 0 Å². The van der Waals surface area contributed by atoms with Crippen LogP contribution < -0.4 is 19.5 Å². The maximum Gasteiger partial charge on any atom is 0.185 e. The Morgan fingerprint density at radius 3 is 2.63 bits per heavy atom. The molecule has 1 unspecified atom stereocenters. The Hall–Kier alpha value is -2.71. The number of para-hydroxylation sites is 2. The van der Waals surface area contributed by atoms with E-state index in [9.17, 15) is 4.55 Å². The first-order valence-electron chi connectivity index (χ1n) is 8.21. The van der Waals surface area contributed by atoms with E-state index in [1.54, 1.807) is 32.6 Å². The summed E-state index contributed by atoms with van der Waals surface area (Å²) in [5, 5.41) is 3.16. The Morgan fingerprint density at radius 2 is 1.93 bits per heavy atom. The molecule has 3 aromatic rings. The molecule has 0 saturated carbocycles. The summed E-state index contributed by atoms with van der Waals surface area (Å²) in [7, 11) is 3.12. The Morgan fingerprint density at radius 1 is 1.15 bits per heavy atom. The largest absolute Gasteiger partial charge is 0.616 e. The van der Waals surface area contributed by atoms with Crippen molar-refractivity contribution in [1.82, 2.24) is 9.97 Å². The molecular weight excluding hydrogens is 366 g/mol. The number of anilines is 2. The van der Waals surface area contributed by atoms with Gasteiger partial charge in [-0.1, -0.05) is 23.3 Å². The molecule has 2 aromatic carbocycles. The van der Waals surface area contributed by atoms with Gasteiger partial charge in [0.25, 0.3) is 0 Å². The van der Waals surface area contributed by atoms with E-state index in [2.05, 4.69) is 21.5 Å². The van der Waals surface area contributed by atoms with E-state index in [1.165, 1.54) is 0 Å². The third kappa shape index (κ3) is 4.72. The van der Waals surface area contributed by atoms with Crippen molar-refractivity contribution in [1.29, 1.82) is 0 Å². The highest BCUT2D eigenvalue weighted by molar-refractivity contribution is 7.90. The first kappa shape index (κ1) is 19.1. The fourth-order valence-corrected chi connectivity index (χ4v) is 2.76. The van der Waals surface area contributed by atoms with Crippen LogP contribution in [0.15, 0.2) is 36.4 Å². The van der Waals surface area contributed by atoms with E-state index in [-0.39, 0.29) is 6.61 Å². The van der Waals surface area contributed by atoms with Gasteiger partial charge in [0.15, 0.2) is 17.3 Å². The molecule has 0 amide bonds. The zero-order valence-electron chi connectivity index (χ0n) is 15.3. The van der Waals surface area contributed by atoms with Crippen molar-refractivity contribution in [3.8, 4) is 17.2 Å². The topological polar surface area (TPSA) is 88.6 Å². The fraction of sp³-hybridized carbons (Fsp3) is 0.263. The highest BCUT2D eigenvalue weighted by Crippen LogP contribution is 2.40. The second-order valence-corrected chi connectivity index (χ2v) is 7.18. The van der Waals surface area contributed by atoms with Gasteiger partial charge in [-0.2, -0.15) is 0 Å². The molecule has 3 rings (SSSR count). The van der Waals surface area contributed by atoms with Gasteiger partial charge in [-0.05, 0) is 12.1 Å². The molecule has 1 heterocycles. The van der Waals surface area contributed by atoms with Crippen LogP contribution in [0.3, 0.4) is 0 Å². The number of hydrogen-bond acceptors (Lipinski definition) is 7. The molecule has 1 radical (unpaired) electrons.